The summed E-state index contributed by atoms with van der Waals surface area (Å²) >= 11 is -1.86. The van der Waals surface area contributed by atoms with Gasteiger partial charge in [0.05, 0.1) is 0 Å². The molecule has 4 heteroatoms. The molecule has 1 aromatic rings. The molecule has 0 saturated carbocycles. The first kappa shape index (κ1) is 20.7. The molecule has 0 unspecified atom stereocenters. The number of hydrogen-bond donors (Lipinski definition) is 0. The van der Waals surface area contributed by atoms with Crippen LogP contribution < -0.4 is 0 Å². The van der Waals surface area contributed by atoms with Gasteiger partial charge in [0.15, 0.2) is 0 Å². The van der Waals surface area contributed by atoms with Gasteiger partial charge in [0.25, 0.3) is 0 Å². The summed E-state index contributed by atoms with van der Waals surface area (Å²) in [6.07, 6.45) is 7.24. The molecule has 0 fully saturated rings. The van der Waals surface area contributed by atoms with Crippen molar-refractivity contribution in [2.75, 3.05) is 14.2 Å². The summed E-state index contributed by atoms with van der Waals surface area (Å²) in [5, 5.41) is 1.13. The fraction of sp³-hybridized carbons (Fsp3) is 0.450. The van der Waals surface area contributed by atoms with Gasteiger partial charge in [0, 0.05) is 0 Å². The Morgan fingerprint density at radius 1 is 1.17 bits per heavy atom. The normalized spacial score (nSPS) is 16.2. The molecule has 0 aromatic heterocycles. The molecule has 0 amide bonds. The first-order chi connectivity index (χ1) is 11.2. The molecule has 0 N–H and O–H groups in total. The van der Waals surface area contributed by atoms with Crippen molar-refractivity contribution in [2.45, 2.75) is 35.5 Å². The van der Waals surface area contributed by atoms with E-state index in [0.29, 0.717) is 0 Å². The second-order valence-corrected chi connectivity index (χ2v) is 19.0. The zero-order valence-corrected chi connectivity index (χ0v) is 17.8. The van der Waals surface area contributed by atoms with Gasteiger partial charge in [-0.3, -0.25) is 0 Å². The average Bonchev–Trinajstić information content (AvgIpc) is 2.51. The fourth-order valence-corrected chi connectivity index (χ4v) is 8.70. The van der Waals surface area contributed by atoms with E-state index in [1.165, 1.54) is 18.7 Å². The molecule has 0 aliphatic carbocycles. The van der Waals surface area contributed by atoms with Crippen LogP contribution in [0.5, 0.6) is 0 Å². The molecule has 0 spiro atoms. The van der Waals surface area contributed by atoms with E-state index >= 15 is 0 Å². The van der Waals surface area contributed by atoms with Gasteiger partial charge in [-0.1, -0.05) is 0 Å². The van der Waals surface area contributed by atoms with Gasteiger partial charge in [-0.25, -0.2) is 0 Å². The zero-order chi connectivity index (χ0) is 18.2. The van der Waals surface area contributed by atoms with Crippen LogP contribution in [0.2, 0.25) is 22.5 Å². The van der Waals surface area contributed by atoms with Crippen LogP contribution in [-0.2, 0) is 14.3 Å². The van der Waals surface area contributed by atoms with Crippen molar-refractivity contribution in [3.63, 3.8) is 0 Å². The molecule has 1 aromatic carbocycles. The molecule has 132 valence electrons. The SMILES string of the molecule is COC(=O)/C=C/C=C/[C@@](C)([CH2][Ge]([CH3])([CH3])[CH3])[C@H](OC)c1ccccc1. The van der Waals surface area contributed by atoms with Gasteiger partial charge < -0.3 is 0 Å². The summed E-state index contributed by atoms with van der Waals surface area (Å²) in [7, 11) is 3.15. The average molecular weight is 391 g/mol. The number of rotatable bonds is 8. The first-order valence-electron chi connectivity index (χ1n) is 8.23. The van der Waals surface area contributed by atoms with Gasteiger partial charge in [-0.2, -0.15) is 0 Å². The van der Waals surface area contributed by atoms with Crippen molar-refractivity contribution < 1.29 is 14.3 Å². The van der Waals surface area contributed by atoms with Gasteiger partial charge in [-0.15, -0.1) is 0 Å². The Bertz CT molecular complexity index is 572. The van der Waals surface area contributed by atoms with E-state index in [1.807, 2.05) is 24.3 Å². The van der Waals surface area contributed by atoms with Crippen LogP contribution in [0.1, 0.15) is 18.6 Å². The molecule has 0 aliphatic rings. The Kier molecular flexibility index (Phi) is 7.97. The maximum absolute atomic E-state index is 11.2. The van der Waals surface area contributed by atoms with Crippen LogP contribution >= 0.6 is 0 Å². The predicted molar refractivity (Wildman–Crippen MR) is 103 cm³/mol. The fourth-order valence-electron chi connectivity index (χ4n) is 3.27. The van der Waals surface area contributed by atoms with Crippen molar-refractivity contribution in [1.29, 1.82) is 0 Å². The maximum atomic E-state index is 11.2. The topological polar surface area (TPSA) is 35.5 Å². The third-order valence-corrected chi connectivity index (χ3v) is 7.69. The molecule has 2 atom stereocenters. The first-order valence-corrected chi connectivity index (χ1v) is 16.0. The van der Waals surface area contributed by atoms with E-state index in [4.69, 9.17) is 4.74 Å². The molecule has 0 heterocycles. The summed E-state index contributed by atoms with van der Waals surface area (Å²) in [6.45, 7) is 2.24. The number of hydrogen-bond acceptors (Lipinski definition) is 3. The van der Waals surface area contributed by atoms with Gasteiger partial charge in [-0.05, 0) is 0 Å². The quantitative estimate of drug-likeness (QED) is 0.271. The summed E-state index contributed by atoms with van der Waals surface area (Å²) in [4.78, 5) is 11.2. The third-order valence-electron chi connectivity index (χ3n) is 3.87. The van der Waals surface area contributed by atoms with Crippen LogP contribution in [-0.4, -0.2) is 33.5 Å². The van der Waals surface area contributed by atoms with Gasteiger partial charge in [0.1, 0.15) is 0 Å². The van der Waals surface area contributed by atoms with E-state index < -0.39 is 13.3 Å². The number of ether oxygens (including phenoxy) is 2. The van der Waals surface area contributed by atoms with Crippen molar-refractivity contribution in [3.8, 4) is 0 Å². The summed E-state index contributed by atoms with van der Waals surface area (Å²) in [5.74, 6) is 6.89. The van der Waals surface area contributed by atoms with Crippen LogP contribution in [0.4, 0.5) is 0 Å². The Morgan fingerprint density at radius 3 is 2.29 bits per heavy atom. The third kappa shape index (κ3) is 6.66. The Morgan fingerprint density at radius 2 is 1.79 bits per heavy atom. The van der Waals surface area contributed by atoms with E-state index in [2.05, 4.69) is 47.1 Å². The minimum absolute atomic E-state index is 0.0219. The van der Waals surface area contributed by atoms with Crippen LogP contribution in [0.3, 0.4) is 0 Å². The molecular formula is C20H30GeO3. The molecule has 1 rings (SSSR count). The molecule has 0 radical (unpaired) electrons. The van der Waals surface area contributed by atoms with E-state index in [0.717, 1.165) is 5.25 Å². The number of benzene rings is 1. The van der Waals surface area contributed by atoms with Gasteiger partial charge >= 0.3 is 149 Å². The van der Waals surface area contributed by atoms with Crippen molar-refractivity contribution in [1.82, 2.24) is 0 Å². The number of carbonyl (C=O) groups is 1. The van der Waals surface area contributed by atoms with Crippen LogP contribution in [0.15, 0.2) is 54.6 Å². The van der Waals surface area contributed by atoms with Gasteiger partial charge in [0.2, 0.25) is 0 Å². The van der Waals surface area contributed by atoms with Crippen molar-refractivity contribution >= 4 is 19.2 Å². The Balaban J connectivity index is 3.15. The van der Waals surface area contributed by atoms with Crippen molar-refractivity contribution in [2.24, 2.45) is 5.41 Å². The number of esters is 1. The van der Waals surface area contributed by atoms with E-state index in [-0.39, 0.29) is 17.5 Å². The zero-order valence-electron chi connectivity index (χ0n) is 15.7. The number of methoxy groups -OCH3 is 2. The molecular weight excluding hydrogens is 361 g/mol. The minimum atomic E-state index is -1.86. The van der Waals surface area contributed by atoms with Crippen LogP contribution in [0.25, 0.3) is 0 Å². The summed E-state index contributed by atoms with van der Waals surface area (Å²) in [5.41, 5.74) is 1.05. The monoisotopic (exact) mass is 392 g/mol. The molecule has 0 aliphatic heterocycles. The predicted octanol–water partition coefficient (Wildman–Crippen LogP) is 5.00. The second-order valence-electron chi connectivity index (χ2n) is 7.51. The Labute approximate surface area is 149 Å². The molecule has 24 heavy (non-hydrogen) atoms. The van der Waals surface area contributed by atoms with E-state index in [1.54, 1.807) is 13.2 Å². The number of carbonyl (C=O) groups excluding carboxylic acids is 1. The second kappa shape index (κ2) is 9.23. The Hall–Kier alpha value is -1.33. The van der Waals surface area contributed by atoms with E-state index in [9.17, 15) is 4.79 Å². The summed E-state index contributed by atoms with van der Waals surface area (Å²) < 4.78 is 10.5. The van der Waals surface area contributed by atoms with Crippen molar-refractivity contribution in [3.05, 3.63) is 60.2 Å². The molecule has 0 saturated heterocycles. The standard InChI is InChI=1S/C20H30GeO3/c1-20(16-21(2,3)4,15-11-10-14-18(22)23-5)19(24-6)17-12-8-7-9-13-17/h7-15,19H,16H2,1-6H3/b14-10+,15-11+/t19-,20+/m1/s1. The molecule has 0 bridgehead atoms. The molecule has 3 nitrogen and oxygen atoms in total. The number of allylic oxidation sites excluding steroid dienone is 2. The van der Waals surface area contributed by atoms with Crippen LogP contribution in [0, 0.1) is 5.41 Å². The summed E-state index contributed by atoms with van der Waals surface area (Å²) in [6, 6.07) is 10.3.